The number of thiophene rings is 2. The van der Waals surface area contributed by atoms with Crippen LogP contribution in [0.4, 0.5) is 10.1 Å². The van der Waals surface area contributed by atoms with Crippen LogP contribution in [0.2, 0.25) is 0 Å². The Kier molecular flexibility index (Phi) is 9.93. The number of hydrogen-bond acceptors (Lipinski definition) is 10. The normalized spacial score (nSPS) is 11.0. The first-order chi connectivity index (χ1) is 20.5. The molecule has 1 amide bonds. The van der Waals surface area contributed by atoms with E-state index in [1.807, 2.05) is 0 Å². The number of hydrogen-bond donors (Lipinski definition) is 3. The van der Waals surface area contributed by atoms with Gasteiger partial charge in [0.25, 0.3) is 0 Å². The first kappa shape index (κ1) is 31.4. The third-order valence-corrected chi connectivity index (χ3v) is 8.53. The summed E-state index contributed by atoms with van der Waals surface area (Å²) in [6.45, 7) is -0.218. The van der Waals surface area contributed by atoms with Crippen molar-refractivity contribution < 1.29 is 52.8 Å². The smallest absolute Gasteiger partial charge is 0.303 e. The Hall–Kier alpha value is -4.56. The van der Waals surface area contributed by atoms with Gasteiger partial charge in [-0.15, -0.1) is 22.7 Å². The van der Waals surface area contributed by atoms with Crippen LogP contribution in [0, 0.1) is 5.82 Å². The van der Waals surface area contributed by atoms with Crippen LogP contribution in [0.3, 0.4) is 0 Å². The van der Waals surface area contributed by atoms with E-state index in [4.69, 9.17) is 24.4 Å². The summed E-state index contributed by atoms with van der Waals surface area (Å²) in [4.78, 5) is 59.6. The van der Waals surface area contributed by atoms with Gasteiger partial charge in [0.2, 0.25) is 5.91 Å². The Bertz CT molecular complexity index is 1740. The topological polar surface area (TPSA) is 166 Å². The molecule has 0 atom stereocenters. The highest BCUT2D eigenvalue weighted by atomic mass is 32.1. The maximum absolute atomic E-state index is 15.4. The molecular formula is C29H26FNO10S2. The Morgan fingerprint density at radius 3 is 1.95 bits per heavy atom. The van der Waals surface area contributed by atoms with E-state index in [1.165, 1.54) is 37.7 Å². The summed E-state index contributed by atoms with van der Waals surface area (Å²) in [5.74, 6) is -3.95. The Morgan fingerprint density at radius 1 is 0.767 bits per heavy atom. The largest absolute Gasteiger partial charge is 0.495 e. The molecular weight excluding hydrogens is 605 g/mol. The number of halogens is 1. The monoisotopic (exact) mass is 631 g/mol. The maximum Gasteiger partial charge on any atom is 0.303 e. The van der Waals surface area contributed by atoms with Crippen molar-refractivity contribution >= 4 is 77.9 Å². The standard InChI is InChI=1S/C29H26FNO10S2/c1-39-19-12-21-14(10-23(42-21)17(32)3-5-26(35)36)9-16(19)31-25(34)7-8-41-29-20(40-2)13-22-15(28(29)30)11-24(43-22)18(33)4-6-27(37)38/h9-13H,3-8H2,1-2H3,(H,31,34)(H,35,36)(H,37,38). The van der Waals surface area contributed by atoms with E-state index in [0.717, 1.165) is 16.0 Å². The Balaban J connectivity index is 1.44. The van der Waals surface area contributed by atoms with Crippen LogP contribution in [0.5, 0.6) is 17.2 Å². The molecule has 0 aliphatic carbocycles. The highest BCUT2D eigenvalue weighted by Gasteiger charge is 2.21. The number of ketones is 2. The minimum absolute atomic E-state index is 0.0649. The fourth-order valence-corrected chi connectivity index (χ4v) is 6.23. The van der Waals surface area contributed by atoms with E-state index in [0.29, 0.717) is 26.4 Å². The van der Waals surface area contributed by atoms with E-state index in [1.54, 1.807) is 18.2 Å². The number of carboxylic acids is 2. The fourth-order valence-electron chi connectivity index (χ4n) is 4.14. The molecule has 0 saturated heterocycles. The predicted molar refractivity (Wildman–Crippen MR) is 158 cm³/mol. The number of carbonyl (C=O) groups is 5. The number of rotatable bonds is 15. The Labute approximate surface area is 251 Å². The lowest BCUT2D eigenvalue weighted by molar-refractivity contribution is -0.137. The summed E-state index contributed by atoms with van der Waals surface area (Å²) < 4.78 is 32.8. The number of aliphatic carboxylic acids is 2. The zero-order chi connectivity index (χ0) is 31.3. The first-order valence-corrected chi connectivity index (χ1v) is 14.5. The molecule has 14 heteroatoms. The molecule has 3 N–H and O–H groups in total. The minimum atomic E-state index is -1.11. The molecule has 0 fully saturated rings. The van der Waals surface area contributed by atoms with E-state index in [2.05, 4.69) is 5.32 Å². The van der Waals surface area contributed by atoms with Gasteiger partial charge >= 0.3 is 11.9 Å². The van der Waals surface area contributed by atoms with Crippen molar-refractivity contribution in [1.29, 1.82) is 0 Å². The summed E-state index contributed by atoms with van der Waals surface area (Å²) in [7, 11) is 2.75. The Morgan fingerprint density at radius 2 is 1.35 bits per heavy atom. The molecule has 4 aromatic rings. The summed E-state index contributed by atoms with van der Waals surface area (Å²) in [6.07, 6.45) is -1.12. The minimum Gasteiger partial charge on any atom is -0.495 e. The van der Waals surface area contributed by atoms with E-state index >= 15 is 4.39 Å². The van der Waals surface area contributed by atoms with Gasteiger partial charge in [-0.1, -0.05) is 0 Å². The van der Waals surface area contributed by atoms with Gasteiger partial charge in [-0.2, -0.15) is 0 Å². The van der Waals surface area contributed by atoms with Crippen LogP contribution >= 0.6 is 22.7 Å². The molecule has 0 aliphatic heterocycles. The van der Waals surface area contributed by atoms with Gasteiger partial charge in [-0.05, 0) is 23.6 Å². The molecule has 0 radical (unpaired) electrons. The van der Waals surface area contributed by atoms with Crippen molar-refractivity contribution in [3.63, 3.8) is 0 Å². The van der Waals surface area contributed by atoms with E-state index < -0.39 is 29.4 Å². The second-order valence-corrected chi connectivity index (χ2v) is 11.4. The van der Waals surface area contributed by atoms with Gasteiger partial charge in [0.15, 0.2) is 28.9 Å². The zero-order valence-electron chi connectivity index (χ0n) is 23.0. The highest BCUT2D eigenvalue weighted by Crippen LogP contribution is 2.40. The molecule has 2 aromatic heterocycles. The van der Waals surface area contributed by atoms with Gasteiger partial charge in [0.05, 0.1) is 55.5 Å². The molecule has 0 unspecified atom stereocenters. The van der Waals surface area contributed by atoms with Crippen LogP contribution < -0.4 is 19.5 Å². The van der Waals surface area contributed by atoms with Crippen molar-refractivity contribution in [1.82, 2.24) is 0 Å². The molecule has 11 nitrogen and oxygen atoms in total. The average Bonchev–Trinajstić information content (AvgIpc) is 3.59. The van der Waals surface area contributed by atoms with Gasteiger partial charge < -0.3 is 29.7 Å². The van der Waals surface area contributed by atoms with Gasteiger partial charge in [-0.25, -0.2) is 4.39 Å². The zero-order valence-corrected chi connectivity index (χ0v) is 24.6. The number of carboxylic acid groups (broad SMARTS) is 2. The van der Waals surface area contributed by atoms with Gasteiger partial charge in [-0.3, -0.25) is 24.0 Å². The summed E-state index contributed by atoms with van der Waals surface area (Å²) in [5, 5.41) is 21.1. The van der Waals surface area contributed by atoms with Gasteiger partial charge in [0.1, 0.15) is 5.75 Å². The number of fused-ring (bicyclic) bond motifs is 2. The molecule has 0 spiro atoms. The van der Waals surface area contributed by atoms with Crippen molar-refractivity contribution in [3.05, 3.63) is 45.9 Å². The van der Waals surface area contributed by atoms with Crippen LogP contribution in [0.1, 0.15) is 51.4 Å². The lowest BCUT2D eigenvalue weighted by Crippen LogP contribution is -2.16. The molecule has 4 rings (SSSR count). The molecule has 0 bridgehead atoms. The second-order valence-electron chi connectivity index (χ2n) is 9.23. The summed E-state index contributed by atoms with van der Waals surface area (Å²) >= 11 is 2.21. The lowest BCUT2D eigenvalue weighted by atomic mass is 10.1. The quantitative estimate of drug-likeness (QED) is 0.137. The number of nitrogens with one attached hydrogen (secondary N) is 1. The van der Waals surface area contributed by atoms with E-state index in [9.17, 15) is 24.0 Å². The van der Waals surface area contributed by atoms with Crippen molar-refractivity contribution in [2.75, 3.05) is 26.1 Å². The first-order valence-electron chi connectivity index (χ1n) is 12.8. The fraction of sp³-hybridized carbons (Fsp3) is 0.276. The number of amides is 1. The second kappa shape index (κ2) is 13.6. The molecule has 2 heterocycles. The average molecular weight is 632 g/mol. The third kappa shape index (κ3) is 7.45. The third-order valence-electron chi connectivity index (χ3n) is 6.27. The van der Waals surface area contributed by atoms with Crippen LogP contribution in [0.15, 0.2) is 30.3 Å². The van der Waals surface area contributed by atoms with E-state index in [-0.39, 0.29) is 66.3 Å². The van der Waals surface area contributed by atoms with Crippen LogP contribution in [0.25, 0.3) is 20.2 Å². The molecule has 43 heavy (non-hydrogen) atoms. The van der Waals surface area contributed by atoms with Crippen LogP contribution in [-0.2, 0) is 14.4 Å². The van der Waals surface area contributed by atoms with Crippen molar-refractivity contribution in [3.8, 4) is 17.2 Å². The molecule has 0 aliphatic rings. The van der Waals surface area contributed by atoms with Crippen LogP contribution in [-0.4, -0.2) is 60.5 Å². The number of ether oxygens (including phenoxy) is 3. The predicted octanol–water partition coefficient (Wildman–Crippen LogP) is 5.77. The van der Waals surface area contributed by atoms with Gasteiger partial charge in [0, 0.05) is 39.8 Å². The van der Waals surface area contributed by atoms with Crippen molar-refractivity contribution in [2.45, 2.75) is 32.1 Å². The molecule has 226 valence electrons. The number of methoxy groups -OCH3 is 2. The molecule has 2 aromatic carbocycles. The number of Topliss-reactive ketones (excluding diaryl/α,β-unsaturated/α-hetero) is 2. The number of benzene rings is 2. The summed E-state index contributed by atoms with van der Waals surface area (Å²) in [6, 6.07) is 7.78. The number of carbonyl (C=O) groups excluding carboxylic acids is 3. The maximum atomic E-state index is 15.4. The van der Waals surface area contributed by atoms with Crippen molar-refractivity contribution in [2.24, 2.45) is 0 Å². The lowest BCUT2D eigenvalue weighted by Gasteiger charge is -2.13. The molecule has 0 saturated carbocycles. The number of anilines is 1. The SMILES string of the molecule is COc1cc2sc(C(=O)CCC(=O)O)cc2cc1NC(=O)CCOc1c(OC)cc2sc(C(=O)CCC(=O)O)cc2c1F. The highest BCUT2D eigenvalue weighted by molar-refractivity contribution is 7.21. The summed E-state index contributed by atoms with van der Waals surface area (Å²) in [5.41, 5.74) is 0.339.